The zero-order chi connectivity index (χ0) is 23.2. The summed E-state index contributed by atoms with van der Waals surface area (Å²) in [4.78, 5) is 21.5. The number of halogens is 2. The molecule has 0 aliphatic carbocycles. The van der Waals surface area contributed by atoms with Crippen molar-refractivity contribution >= 4 is 35.1 Å². The van der Waals surface area contributed by atoms with Crippen LogP contribution in [0.1, 0.15) is 24.1 Å². The minimum atomic E-state index is -0.409. The number of nitrogens with one attached hydrogen (secondary N) is 1. The SMILES string of the molecule is CC(NC(=O)/C=C/c1ccc(F)cc1Cl)c1cccc(N2CCN(c3ccccn3)CC2)c1. The molecule has 1 saturated heterocycles. The van der Waals surface area contributed by atoms with E-state index in [0.717, 1.165) is 43.2 Å². The number of carbonyl (C=O) groups is 1. The lowest BCUT2D eigenvalue weighted by Crippen LogP contribution is -2.46. The van der Waals surface area contributed by atoms with Crippen molar-refractivity contribution in [2.45, 2.75) is 13.0 Å². The van der Waals surface area contributed by atoms with Gasteiger partial charge in [-0.25, -0.2) is 9.37 Å². The van der Waals surface area contributed by atoms with E-state index in [-0.39, 0.29) is 17.0 Å². The molecular formula is C26H26ClFN4O. The Morgan fingerprint density at radius 3 is 2.58 bits per heavy atom. The molecule has 0 saturated carbocycles. The summed E-state index contributed by atoms with van der Waals surface area (Å²) >= 11 is 6.02. The Morgan fingerprint density at radius 2 is 1.85 bits per heavy atom. The molecule has 0 spiro atoms. The van der Waals surface area contributed by atoms with E-state index < -0.39 is 5.82 Å². The lowest BCUT2D eigenvalue weighted by atomic mass is 10.1. The van der Waals surface area contributed by atoms with Gasteiger partial charge in [0, 0.05) is 44.1 Å². The Balaban J connectivity index is 1.35. The molecule has 5 nitrogen and oxygen atoms in total. The lowest BCUT2D eigenvalue weighted by Gasteiger charge is -2.37. The molecule has 170 valence electrons. The van der Waals surface area contributed by atoms with Crippen LogP contribution in [-0.2, 0) is 4.79 Å². The molecule has 7 heteroatoms. The molecule has 1 aliphatic heterocycles. The summed E-state index contributed by atoms with van der Waals surface area (Å²) in [5, 5.41) is 3.24. The molecule has 1 atom stereocenters. The molecule has 1 aromatic heterocycles. The second-order valence-corrected chi connectivity index (χ2v) is 8.39. The van der Waals surface area contributed by atoms with E-state index in [1.165, 1.54) is 18.2 Å². The van der Waals surface area contributed by atoms with Gasteiger partial charge < -0.3 is 15.1 Å². The van der Waals surface area contributed by atoms with Crippen molar-refractivity contribution in [2.24, 2.45) is 0 Å². The van der Waals surface area contributed by atoms with E-state index in [2.05, 4.69) is 32.2 Å². The quantitative estimate of drug-likeness (QED) is 0.516. The third-order valence-corrected chi connectivity index (χ3v) is 6.05. The summed E-state index contributed by atoms with van der Waals surface area (Å²) in [5.74, 6) is 0.364. The second-order valence-electron chi connectivity index (χ2n) is 7.99. The van der Waals surface area contributed by atoms with E-state index in [1.54, 1.807) is 12.1 Å². The van der Waals surface area contributed by atoms with Crippen molar-refractivity contribution in [3.05, 3.63) is 94.9 Å². The maximum atomic E-state index is 13.2. The molecule has 0 radical (unpaired) electrons. The van der Waals surface area contributed by atoms with Gasteiger partial charge in [-0.05, 0) is 60.5 Å². The molecule has 3 aromatic rings. The molecule has 0 bridgehead atoms. The number of hydrogen-bond acceptors (Lipinski definition) is 4. The number of pyridine rings is 1. The van der Waals surface area contributed by atoms with Crippen molar-refractivity contribution in [1.82, 2.24) is 10.3 Å². The molecular weight excluding hydrogens is 439 g/mol. The van der Waals surface area contributed by atoms with Crippen LogP contribution < -0.4 is 15.1 Å². The molecule has 2 heterocycles. The number of rotatable bonds is 6. The molecule has 1 aliphatic rings. The number of piperazine rings is 1. The molecule has 33 heavy (non-hydrogen) atoms. The molecule has 1 unspecified atom stereocenters. The predicted molar refractivity (Wildman–Crippen MR) is 132 cm³/mol. The number of aromatic nitrogens is 1. The van der Waals surface area contributed by atoms with Gasteiger partial charge in [-0.2, -0.15) is 0 Å². The van der Waals surface area contributed by atoms with Crippen molar-refractivity contribution < 1.29 is 9.18 Å². The average molecular weight is 465 g/mol. The first-order valence-electron chi connectivity index (χ1n) is 10.9. The van der Waals surface area contributed by atoms with Gasteiger partial charge in [0.2, 0.25) is 5.91 Å². The second kappa shape index (κ2) is 10.5. The highest BCUT2D eigenvalue weighted by atomic mass is 35.5. The highest BCUT2D eigenvalue weighted by Gasteiger charge is 2.19. The van der Waals surface area contributed by atoms with Crippen molar-refractivity contribution in [1.29, 1.82) is 0 Å². The number of carbonyl (C=O) groups excluding carboxylic acids is 1. The highest BCUT2D eigenvalue weighted by molar-refractivity contribution is 6.32. The first-order valence-corrected chi connectivity index (χ1v) is 11.3. The number of anilines is 2. The molecule has 1 N–H and O–H groups in total. The van der Waals surface area contributed by atoms with E-state index >= 15 is 0 Å². The molecule has 4 rings (SSSR count). The lowest BCUT2D eigenvalue weighted by molar-refractivity contribution is -0.117. The van der Waals surface area contributed by atoms with Crippen LogP contribution in [-0.4, -0.2) is 37.1 Å². The van der Waals surface area contributed by atoms with Crippen LogP contribution in [0.4, 0.5) is 15.9 Å². The van der Waals surface area contributed by atoms with E-state index in [4.69, 9.17) is 11.6 Å². The Morgan fingerprint density at radius 1 is 1.06 bits per heavy atom. The highest BCUT2D eigenvalue weighted by Crippen LogP contribution is 2.23. The van der Waals surface area contributed by atoms with Crippen LogP contribution in [0.15, 0.2) is 72.9 Å². The smallest absolute Gasteiger partial charge is 0.244 e. The topological polar surface area (TPSA) is 48.5 Å². The van der Waals surface area contributed by atoms with Crippen LogP contribution >= 0.6 is 11.6 Å². The fourth-order valence-electron chi connectivity index (χ4n) is 3.87. The summed E-state index contributed by atoms with van der Waals surface area (Å²) < 4.78 is 13.2. The maximum Gasteiger partial charge on any atom is 0.244 e. The van der Waals surface area contributed by atoms with Crippen LogP contribution in [0.5, 0.6) is 0 Å². The fraction of sp³-hybridized carbons (Fsp3) is 0.231. The van der Waals surface area contributed by atoms with E-state index in [0.29, 0.717) is 5.56 Å². The average Bonchev–Trinajstić information content (AvgIpc) is 2.84. The van der Waals surface area contributed by atoms with Crippen LogP contribution in [0.2, 0.25) is 5.02 Å². The van der Waals surface area contributed by atoms with Gasteiger partial charge in [-0.1, -0.05) is 35.9 Å². The fourth-order valence-corrected chi connectivity index (χ4v) is 4.10. The number of hydrogen-bond donors (Lipinski definition) is 1. The van der Waals surface area contributed by atoms with Gasteiger partial charge in [0.25, 0.3) is 0 Å². The van der Waals surface area contributed by atoms with Crippen LogP contribution in [0, 0.1) is 5.82 Å². The van der Waals surface area contributed by atoms with Gasteiger partial charge in [-0.3, -0.25) is 4.79 Å². The van der Waals surface area contributed by atoms with Crippen molar-refractivity contribution in [3.8, 4) is 0 Å². The largest absolute Gasteiger partial charge is 0.368 e. The third-order valence-electron chi connectivity index (χ3n) is 5.72. The molecule has 1 amide bonds. The number of benzene rings is 2. The van der Waals surface area contributed by atoms with E-state index in [1.807, 2.05) is 43.5 Å². The monoisotopic (exact) mass is 464 g/mol. The summed E-state index contributed by atoms with van der Waals surface area (Å²) in [5.41, 5.74) is 2.76. The summed E-state index contributed by atoms with van der Waals surface area (Å²) in [7, 11) is 0. The van der Waals surface area contributed by atoms with Gasteiger partial charge in [0.15, 0.2) is 0 Å². The summed E-state index contributed by atoms with van der Waals surface area (Å²) in [6.07, 6.45) is 4.82. The first kappa shape index (κ1) is 22.8. The maximum absolute atomic E-state index is 13.2. The third kappa shape index (κ3) is 5.90. The molecule has 2 aromatic carbocycles. The number of nitrogens with zero attached hydrogens (tertiary/aromatic N) is 3. The van der Waals surface area contributed by atoms with Gasteiger partial charge in [0.05, 0.1) is 11.1 Å². The van der Waals surface area contributed by atoms with Gasteiger partial charge >= 0.3 is 0 Å². The first-order chi connectivity index (χ1) is 16.0. The van der Waals surface area contributed by atoms with E-state index in [9.17, 15) is 9.18 Å². The summed E-state index contributed by atoms with van der Waals surface area (Å²) in [6, 6.07) is 18.2. The Labute approximate surface area is 198 Å². The Kier molecular flexibility index (Phi) is 7.25. The minimum absolute atomic E-state index is 0.166. The zero-order valence-corrected chi connectivity index (χ0v) is 19.2. The number of amides is 1. The van der Waals surface area contributed by atoms with Crippen molar-refractivity contribution in [2.75, 3.05) is 36.0 Å². The normalized spacial score (nSPS) is 15.0. The molecule has 1 fully saturated rings. The van der Waals surface area contributed by atoms with Gasteiger partial charge in [0.1, 0.15) is 11.6 Å². The standard InChI is InChI=1S/C26H26ClFN4O/c1-19(30-26(33)11-9-20-8-10-22(28)18-24(20)27)21-5-4-6-23(17-21)31-13-15-32(16-14-31)25-7-2-3-12-29-25/h2-12,17-19H,13-16H2,1H3,(H,30,33)/b11-9+. The van der Waals surface area contributed by atoms with Crippen LogP contribution in [0.3, 0.4) is 0 Å². The Bertz CT molecular complexity index is 1130. The predicted octanol–water partition coefficient (Wildman–Crippen LogP) is 5.09. The van der Waals surface area contributed by atoms with Crippen molar-refractivity contribution in [3.63, 3.8) is 0 Å². The Hall–Kier alpha value is -3.38. The zero-order valence-electron chi connectivity index (χ0n) is 18.4. The summed E-state index contributed by atoms with van der Waals surface area (Å²) in [6.45, 7) is 5.58. The van der Waals surface area contributed by atoms with Gasteiger partial charge in [-0.15, -0.1) is 0 Å². The van der Waals surface area contributed by atoms with Crippen LogP contribution in [0.25, 0.3) is 6.08 Å². The minimum Gasteiger partial charge on any atom is -0.368 e.